The number of aromatic nitrogens is 5. The zero-order chi connectivity index (χ0) is 25.3. The van der Waals surface area contributed by atoms with Crippen molar-refractivity contribution in [2.75, 3.05) is 18.4 Å². The summed E-state index contributed by atoms with van der Waals surface area (Å²) in [6.07, 6.45) is 3.23. The number of nitrogens with zero attached hydrogens (tertiary/aromatic N) is 5. The van der Waals surface area contributed by atoms with Gasteiger partial charge in [0.05, 0.1) is 23.6 Å². The quantitative estimate of drug-likeness (QED) is 0.408. The first-order valence-electron chi connectivity index (χ1n) is 11.6. The Kier molecular flexibility index (Phi) is 6.40. The van der Waals surface area contributed by atoms with E-state index in [4.69, 9.17) is 0 Å². The minimum atomic E-state index is -4.66. The van der Waals surface area contributed by atoms with Crippen molar-refractivity contribution in [2.45, 2.75) is 32.5 Å². The molecule has 36 heavy (non-hydrogen) atoms. The van der Waals surface area contributed by atoms with Crippen LogP contribution in [-0.4, -0.2) is 49.0 Å². The van der Waals surface area contributed by atoms with Gasteiger partial charge >= 0.3 is 6.18 Å². The van der Waals surface area contributed by atoms with Crippen LogP contribution < -0.4 is 5.32 Å². The number of anilines is 1. The van der Waals surface area contributed by atoms with Crippen LogP contribution >= 0.6 is 0 Å². The fourth-order valence-corrected chi connectivity index (χ4v) is 4.31. The highest BCUT2D eigenvalue weighted by atomic mass is 19.4. The second-order valence-electron chi connectivity index (χ2n) is 9.12. The molecule has 0 bridgehead atoms. The Bertz CT molecular complexity index is 1380. The third-order valence-electron chi connectivity index (χ3n) is 6.35. The summed E-state index contributed by atoms with van der Waals surface area (Å²) in [5.41, 5.74) is 3.71. The number of halogens is 3. The van der Waals surface area contributed by atoms with Gasteiger partial charge in [0.15, 0.2) is 5.69 Å². The van der Waals surface area contributed by atoms with E-state index < -0.39 is 17.9 Å². The molecule has 11 heteroatoms. The van der Waals surface area contributed by atoms with Gasteiger partial charge in [0.1, 0.15) is 0 Å². The predicted molar refractivity (Wildman–Crippen MR) is 128 cm³/mol. The molecular formula is C25H24F3N7O. The van der Waals surface area contributed by atoms with Gasteiger partial charge in [-0.25, -0.2) is 9.97 Å². The second kappa shape index (κ2) is 9.65. The van der Waals surface area contributed by atoms with Crippen molar-refractivity contribution in [2.24, 2.45) is 5.92 Å². The minimum Gasteiger partial charge on any atom is -0.318 e. The van der Waals surface area contributed by atoms with E-state index in [2.05, 4.69) is 48.4 Å². The number of nitrogens with one attached hydrogen (secondary N) is 2. The van der Waals surface area contributed by atoms with E-state index >= 15 is 0 Å². The number of alkyl halides is 3. The highest BCUT2D eigenvalue weighted by Gasteiger charge is 2.34. The SMILES string of the molecule is CC1CCN(Cc2cncc(-c3ccc4[nH]nc(C(=O)Nc5cnc(C(F)(F)F)nc5)c4c3)c2)CC1. The smallest absolute Gasteiger partial charge is 0.318 e. The maximum absolute atomic E-state index is 12.8. The fourth-order valence-electron chi connectivity index (χ4n) is 4.31. The maximum atomic E-state index is 12.8. The first kappa shape index (κ1) is 23.9. The number of amides is 1. The van der Waals surface area contributed by atoms with Crippen molar-refractivity contribution in [3.8, 4) is 11.1 Å². The van der Waals surface area contributed by atoms with Crippen LogP contribution in [0.5, 0.6) is 0 Å². The molecule has 0 unspecified atom stereocenters. The van der Waals surface area contributed by atoms with Crippen LogP contribution in [0.2, 0.25) is 0 Å². The molecular weight excluding hydrogens is 471 g/mol. The molecule has 2 N–H and O–H groups in total. The number of pyridine rings is 1. The van der Waals surface area contributed by atoms with Gasteiger partial charge in [-0.15, -0.1) is 0 Å². The zero-order valence-corrected chi connectivity index (χ0v) is 19.5. The second-order valence-corrected chi connectivity index (χ2v) is 9.12. The van der Waals surface area contributed by atoms with Crippen molar-refractivity contribution in [3.05, 3.63) is 66.1 Å². The fraction of sp³-hybridized carbons (Fsp3) is 0.320. The molecule has 1 saturated heterocycles. The van der Waals surface area contributed by atoms with Crippen molar-refractivity contribution < 1.29 is 18.0 Å². The highest BCUT2D eigenvalue weighted by Crippen LogP contribution is 2.28. The monoisotopic (exact) mass is 495 g/mol. The number of H-pyrrole nitrogens is 1. The molecule has 0 spiro atoms. The van der Waals surface area contributed by atoms with Gasteiger partial charge < -0.3 is 5.32 Å². The number of piperidine rings is 1. The van der Waals surface area contributed by atoms with E-state index in [1.165, 1.54) is 12.8 Å². The van der Waals surface area contributed by atoms with E-state index in [1.807, 2.05) is 24.4 Å². The normalized spacial score (nSPS) is 15.3. The zero-order valence-electron chi connectivity index (χ0n) is 19.5. The first-order valence-corrected chi connectivity index (χ1v) is 11.6. The number of fused-ring (bicyclic) bond motifs is 1. The summed E-state index contributed by atoms with van der Waals surface area (Å²) in [5.74, 6) is -1.10. The Morgan fingerprint density at radius 1 is 1.08 bits per heavy atom. The van der Waals surface area contributed by atoms with Crippen LogP contribution in [0.3, 0.4) is 0 Å². The molecule has 5 rings (SSSR count). The summed E-state index contributed by atoms with van der Waals surface area (Å²) < 4.78 is 38.0. The lowest BCUT2D eigenvalue weighted by molar-refractivity contribution is -0.144. The predicted octanol–water partition coefficient (Wildman–Crippen LogP) is 4.92. The molecule has 3 aromatic heterocycles. The number of hydrogen-bond donors (Lipinski definition) is 2. The summed E-state index contributed by atoms with van der Waals surface area (Å²) in [6.45, 7) is 5.28. The Hall–Kier alpha value is -3.86. The van der Waals surface area contributed by atoms with Gasteiger partial charge in [-0.1, -0.05) is 13.0 Å². The Balaban J connectivity index is 1.35. The molecule has 4 heterocycles. The summed E-state index contributed by atoms with van der Waals surface area (Å²) in [4.78, 5) is 26.2. The Labute approximate surface area is 205 Å². The number of carbonyl (C=O) groups is 1. The van der Waals surface area contributed by atoms with Crippen LogP contribution in [0.1, 0.15) is 41.6 Å². The van der Waals surface area contributed by atoms with Crippen LogP contribution in [0.15, 0.2) is 49.1 Å². The number of rotatable bonds is 5. The summed E-state index contributed by atoms with van der Waals surface area (Å²) in [7, 11) is 0. The van der Waals surface area contributed by atoms with E-state index in [0.29, 0.717) is 10.9 Å². The topological polar surface area (TPSA) is 99.7 Å². The van der Waals surface area contributed by atoms with Gasteiger partial charge in [-0.2, -0.15) is 18.3 Å². The molecule has 1 amide bonds. The lowest BCUT2D eigenvalue weighted by Gasteiger charge is -2.30. The largest absolute Gasteiger partial charge is 0.451 e. The number of aromatic amines is 1. The number of carbonyl (C=O) groups excluding carboxylic acids is 1. The molecule has 8 nitrogen and oxygen atoms in total. The van der Waals surface area contributed by atoms with Gasteiger partial charge in [-0.3, -0.25) is 19.8 Å². The Morgan fingerprint density at radius 3 is 2.56 bits per heavy atom. The van der Waals surface area contributed by atoms with Gasteiger partial charge in [0.25, 0.3) is 5.91 Å². The van der Waals surface area contributed by atoms with E-state index in [1.54, 1.807) is 6.20 Å². The van der Waals surface area contributed by atoms with Crippen LogP contribution in [0.25, 0.3) is 22.0 Å². The first-order chi connectivity index (χ1) is 17.3. The van der Waals surface area contributed by atoms with Crippen LogP contribution in [0.4, 0.5) is 18.9 Å². The molecule has 0 atom stereocenters. The summed E-state index contributed by atoms with van der Waals surface area (Å²) in [5, 5.41) is 10.00. The lowest BCUT2D eigenvalue weighted by Crippen LogP contribution is -2.32. The molecule has 1 aliphatic heterocycles. The van der Waals surface area contributed by atoms with Crippen molar-refractivity contribution in [3.63, 3.8) is 0 Å². The summed E-state index contributed by atoms with van der Waals surface area (Å²) in [6, 6.07) is 7.70. The Morgan fingerprint density at radius 2 is 1.83 bits per heavy atom. The third-order valence-corrected chi connectivity index (χ3v) is 6.35. The van der Waals surface area contributed by atoms with E-state index in [0.717, 1.165) is 54.6 Å². The van der Waals surface area contributed by atoms with Crippen molar-refractivity contribution in [1.82, 2.24) is 30.0 Å². The molecule has 186 valence electrons. The average molecular weight is 496 g/mol. The molecule has 0 saturated carbocycles. The number of hydrogen-bond acceptors (Lipinski definition) is 6. The van der Waals surface area contributed by atoms with Crippen LogP contribution in [0, 0.1) is 5.92 Å². The van der Waals surface area contributed by atoms with Crippen molar-refractivity contribution in [1.29, 1.82) is 0 Å². The van der Waals surface area contributed by atoms with Gasteiger partial charge in [0.2, 0.25) is 5.82 Å². The standard InChI is InChI=1S/C25H24F3N7O/c1-15-4-6-35(7-5-15)14-16-8-18(11-29-10-16)17-2-3-21-20(9-17)22(34-33-21)23(36)32-19-12-30-24(31-13-19)25(26,27)28/h2-3,8-13,15H,4-7,14H2,1H3,(H,32,36)(H,33,34). The lowest BCUT2D eigenvalue weighted by atomic mass is 9.98. The van der Waals surface area contributed by atoms with Gasteiger partial charge in [-0.05, 0) is 61.2 Å². The number of likely N-dealkylation sites (tertiary alicyclic amines) is 1. The van der Waals surface area contributed by atoms with Crippen LogP contribution in [-0.2, 0) is 12.7 Å². The molecule has 0 radical (unpaired) electrons. The van der Waals surface area contributed by atoms with Gasteiger partial charge in [0, 0.05) is 29.9 Å². The van der Waals surface area contributed by atoms with Crippen molar-refractivity contribution >= 4 is 22.5 Å². The minimum absolute atomic E-state index is 0.0318. The number of benzene rings is 1. The molecule has 1 aliphatic rings. The molecule has 1 aromatic carbocycles. The highest BCUT2D eigenvalue weighted by molar-refractivity contribution is 6.11. The summed E-state index contributed by atoms with van der Waals surface area (Å²) >= 11 is 0. The maximum Gasteiger partial charge on any atom is 0.451 e. The van der Waals surface area contributed by atoms with E-state index in [9.17, 15) is 18.0 Å². The molecule has 1 fully saturated rings. The van der Waals surface area contributed by atoms with E-state index in [-0.39, 0.29) is 11.4 Å². The molecule has 0 aliphatic carbocycles. The average Bonchev–Trinajstić information content (AvgIpc) is 3.29. The third kappa shape index (κ3) is 5.20. The molecule has 4 aromatic rings.